The van der Waals surface area contributed by atoms with Crippen molar-refractivity contribution in [2.75, 3.05) is 6.61 Å². The zero-order valence-electron chi connectivity index (χ0n) is 9.83. The minimum Gasteiger partial charge on any atom is -0.490 e. The number of ether oxygens (including phenoxy) is 1. The van der Waals surface area contributed by atoms with Crippen molar-refractivity contribution < 1.29 is 13.5 Å². The van der Waals surface area contributed by atoms with E-state index in [1.807, 2.05) is 0 Å². The second kappa shape index (κ2) is 5.78. The third-order valence-corrected chi connectivity index (χ3v) is 2.73. The number of halogens is 2. The first-order chi connectivity index (χ1) is 8.69. The molecule has 0 bridgehead atoms. The van der Waals surface area contributed by atoms with Crippen LogP contribution in [-0.4, -0.2) is 18.7 Å². The largest absolute Gasteiger partial charge is 0.490 e. The average molecular weight is 252 g/mol. The molecule has 0 spiro atoms. The summed E-state index contributed by atoms with van der Waals surface area (Å²) >= 11 is 0. The Labute approximate surface area is 104 Å². The fourth-order valence-corrected chi connectivity index (χ4v) is 1.59. The van der Waals surface area contributed by atoms with Gasteiger partial charge in [0.1, 0.15) is 5.82 Å². The lowest BCUT2D eigenvalue weighted by molar-refractivity contribution is 0.282. The van der Waals surface area contributed by atoms with E-state index in [1.165, 1.54) is 0 Å². The van der Waals surface area contributed by atoms with Gasteiger partial charge in [-0.05, 0) is 25.0 Å². The first-order valence-corrected chi connectivity index (χ1v) is 5.92. The molecule has 1 unspecified atom stereocenters. The molecule has 0 saturated heterocycles. The van der Waals surface area contributed by atoms with Gasteiger partial charge in [-0.1, -0.05) is 0 Å². The number of hydrogen-bond donors (Lipinski definition) is 1. The van der Waals surface area contributed by atoms with Crippen molar-refractivity contribution in [2.45, 2.75) is 31.3 Å². The molecule has 2 rings (SSSR count). The number of hydrogen-bond acceptors (Lipinski definition) is 3. The van der Waals surface area contributed by atoms with Crippen LogP contribution < -0.4 is 10.1 Å². The average Bonchev–Trinajstić information content (AvgIpc) is 3.16. The molecule has 3 nitrogen and oxygen atoms in total. The summed E-state index contributed by atoms with van der Waals surface area (Å²) in [5.74, 6) is -1.25. The second-order valence-electron chi connectivity index (χ2n) is 4.33. The van der Waals surface area contributed by atoms with Crippen molar-refractivity contribution in [2.24, 2.45) is 0 Å². The molecule has 1 aliphatic carbocycles. The van der Waals surface area contributed by atoms with Gasteiger partial charge in [-0.25, -0.2) is 8.78 Å². The van der Waals surface area contributed by atoms with Crippen LogP contribution in [-0.2, 0) is 0 Å². The summed E-state index contributed by atoms with van der Waals surface area (Å²) in [7, 11) is 0. The molecule has 1 saturated carbocycles. The van der Waals surface area contributed by atoms with Gasteiger partial charge in [-0.3, -0.25) is 5.32 Å². The Hall–Kier alpha value is -1.67. The van der Waals surface area contributed by atoms with Gasteiger partial charge in [0.05, 0.1) is 18.7 Å². The van der Waals surface area contributed by atoms with E-state index in [0.717, 1.165) is 31.0 Å². The summed E-state index contributed by atoms with van der Waals surface area (Å²) in [5, 5.41) is 12.0. The molecular formula is C13H14F2N2O. The fraction of sp³-hybridized carbons (Fsp3) is 0.462. The molecule has 96 valence electrons. The van der Waals surface area contributed by atoms with E-state index >= 15 is 0 Å². The normalized spacial score (nSPS) is 16.1. The lowest BCUT2D eigenvalue weighted by Gasteiger charge is -2.12. The van der Waals surface area contributed by atoms with Gasteiger partial charge in [-0.15, -0.1) is 0 Å². The first-order valence-electron chi connectivity index (χ1n) is 5.92. The lowest BCUT2D eigenvalue weighted by atomic mass is 10.2. The molecule has 1 N–H and O–H groups in total. The van der Waals surface area contributed by atoms with E-state index in [0.29, 0.717) is 12.5 Å². The van der Waals surface area contributed by atoms with Crippen molar-refractivity contribution in [3.05, 3.63) is 29.8 Å². The maximum absolute atomic E-state index is 13.2. The summed E-state index contributed by atoms with van der Waals surface area (Å²) in [6, 6.07) is 5.33. The van der Waals surface area contributed by atoms with Crippen LogP contribution in [0.5, 0.6) is 5.75 Å². The fourth-order valence-electron chi connectivity index (χ4n) is 1.59. The third-order valence-electron chi connectivity index (χ3n) is 2.73. The van der Waals surface area contributed by atoms with Crippen LogP contribution in [0.4, 0.5) is 8.78 Å². The van der Waals surface area contributed by atoms with Gasteiger partial charge < -0.3 is 4.74 Å². The number of nitriles is 1. The van der Waals surface area contributed by atoms with Gasteiger partial charge in [0.15, 0.2) is 11.6 Å². The summed E-state index contributed by atoms with van der Waals surface area (Å²) in [6.07, 6.45) is 2.64. The number of nitrogens with zero attached hydrogens (tertiary/aromatic N) is 1. The van der Waals surface area contributed by atoms with Gasteiger partial charge in [0.25, 0.3) is 0 Å². The second-order valence-corrected chi connectivity index (χ2v) is 4.33. The maximum Gasteiger partial charge on any atom is 0.165 e. The van der Waals surface area contributed by atoms with Crippen molar-refractivity contribution in [3.8, 4) is 11.8 Å². The molecule has 1 aliphatic rings. The van der Waals surface area contributed by atoms with Crippen molar-refractivity contribution >= 4 is 0 Å². The highest BCUT2D eigenvalue weighted by atomic mass is 19.1. The highest BCUT2D eigenvalue weighted by molar-refractivity contribution is 5.24. The van der Waals surface area contributed by atoms with Crippen LogP contribution in [0.25, 0.3) is 0 Å². The van der Waals surface area contributed by atoms with Crippen LogP contribution in [0.2, 0.25) is 0 Å². The van der Waals surface area contributed by atoms with Crippen LogP contribution in [0.1, 0.15) is 19.3 Å². The third kappa shape index (κ3) is 3.67. The summed E-state index contributed by atoms with van der Waals surface area (Å²) < 4.78 is 31.2. The smallest absolute Gasteiger partial charge is 0.165 e. The molecule has 0 aromatic heterocycles. The minimum absolute atomic E-state index is 0.113. The molecule has 1 fully saturated rings. The number of benzene rings is 1. The van der Waals surface area contributed by atoms with E-state index in [-0.39, 0.29) is 18.4 Å². The Morgan fingerprint density at radius 2 is 2.22 bits per heavy atom. The summed E-state index contributed by atoms with van der Waals surface area (Å²) in [5.41, 5.74) is 0. The Morgan fingerprint density at radius 3 is 2.89 bits per heavy atom. The van der Waals surface area contributed by atoms with E-state index in [2.05, 4.69) is 11.4 Å². The Kier molecular flexibility index (Phi) is 4.11. The first kappa shape index (κ1) is 12.8. The molecule has 5 heteroatoms. The zero-order valence-corrected chi connectivity index (χ0v) is 9.83. The molecule has 0 aliphatic heterocycles. The van der Waals surface area contributed by atoms with Gasteiger partial charge in [-0.2, -0.15) is 5.26 Å². The predicted molar refractivity (Wildman–Crippen MR) is 62.0 cm³/mol. The summed E-state index contributed by atoms with van der Waals surface area (Å²) in [6.45, 7) is 0.179. The van der Waals surface area contributed by atoms with Crippen LogP contribution >= 0.6 is 0 Å². The Morgan fingerprint density at radius 1 is 1.44 bits per heavy atom. The van der Waals surface area contributed by atoms with Crippen molar-refractivity contribution in [1.29, 1.82) is 5.26 Å². The SMILES string of the molecule is N#CC(CCOc1cc(F)ccc1F)NC1CC1. The van der Waals surface area contributed by atoms with Crippen molar-refractivity contribution in [3.63, 3.8) is 0 Å². The quantitative estimate of drug-likeness (QED) is 0.845. The topological polar surface area (TPSA) is 45.0 Å². The number of rotatable bonds is 6. The van der Waals surface area contributed by atoms with Crippen LogP contribution in [0.3, 0.4) is 0 Å². The zero-order chi connectivity index (χ0) is 13.0. The molecule has 18 heavy (non-hydrogen) atoms. The molecule has 1 aromatic rings. The molecule has 1 aromatic carbocycles. The molecule has 0 radical (unpaired) electrons. The van der Waals surface area contributed by atoms with Crippen LogP contribution in [0.15, 0.2) is 18.2 Å². The lowest BCUT2D eigenvalue weighted by Crippen LogP contribution is -2.31. The van der Waals surface area contributed by atoms with E-state index in [9.17, 15) is 8.78 Å². The highest BCUT2D eigenvalue weighted by Gasteiger charge is 2.24. The van der Waals surface area contributed by atoms with E-state index in [4.69, 9.17) is 10.00 Å². The molecule has 1 atom stereocenters. The Bertz CT molecular complexity index is 455. The standard InChI is InChI=1S/C13H14F2N2O/c14-9-1-4-12(15)13(7-9)18-6-5-11(8-16)17-10-2-3-10/h1,4,7,10-11,17H,2-3,5-6H2. The minimum atomic E-state index is -0.597. The molecular weight excluding hydrogens is 238 g/mol. The summed E-state index contributed by atoms with van der Waals surface area (Å²) in [4.78, 5) is 0. The highest BCUT2D eigenvalue weighted by Crippen LogP contribution is 2.20. The Balaban J connectivity index is 1.79. The van der Waals surface area contributed by atoms with Gasteiger partial charge in [0, 0.05) is 18.5 Å². The molecule has 0 heterocycles. The van der Waals surface area contributed by atoms with Gasteiger partial charge in [0.2, 0.25) is 0 Å². The van der Waals surface area contributed by atoms with Crippen molar-refractivity contribution in [1.82, 2.24) is 5.32 Å². The molecule has 0 amide bonds. The number of nitrogens with one attached hydrogen (secondary N) is 1. The maximum atomic E-state index is 13.2. The van der Waals surface area contributed by atoms with Gasteiger partial charge >= 0.3 is 0 Å². The monoisotopic (exact) mass is 252 g/mol. The van der Waals surface area contributed by atoms with E-state index < -0.39 is 11.6 Å². The predicted octanol–water partition coefficient (Wildman–Crippen LogP) is 2.38. The van der Waals surface area contributed by atoms with Crippen LogP contribution in [0, 0.1) is 23.0 Å². The van der Waals surface area contributed by atoms with E-state index in [1.54, 1.807) is 0 Å².